The first-order chi connectivity index (χ1) is 9.63. The van der Waals surface area contributed by atoms with Crippen molar-refractivity contribution >= 4 is 17.6 Å². The summed E-state index contributed by atoms with van der Waals surface area (Å²) in [5, 5.41) is 9.81. The number of carbonyl (C=O) groups is 1. The smallest absolute Gasteiger partial charge is 0.337 e. The van der Waals surface area contributed by atoms with Crippen LogP contribution in [0.4, 0.5) is 0 Å². The lowest BCUT2D eigenvalue weighted by Gasteiger charge is -2.31. The van der Waals surface area contributed by atoms with Crippen LogP contribution in [0, 0.1) is 5.92 Å². The maximum absolute atomic E-state index is 11.5. The maximum Gasteiger partial charge on any atom is 0.337 e. The van der Waals surface area contributed by atoms with Gasteiger partial charge in [0.2, 0.25) is 0 Å². The van der Waals surface area contributed by atoms with Crippen LogP contribution in [0.25, 0.3) is 0 Å². The lowest BCUT2D eigenvalue weighted by Crippen LogP contribution is -2.34. The van der Waals surface area contributed by atoms with Gasteiger partial charge in [-0.3, -0.25) is 4.90 Å². The first-order valence-electron chi connectivity index (χ1n) is 6.84. The van der Waals surface area contributed by atoms with Crippen LogP contribution in [0.15, 0.2) is 18.2 Å². The highest BCUT2D eigenvalue weighted by Crippen LogP contribution is 2.23. The van der Waals surface area contributed by atoms with Gasteiger partial charge >= 0.3 is 5.97 Å². The maximum atomic E-state index is 11.5. The zero-order valence-electron chi connectivity index (χ0n) is 11.6. The van der Waals surface area contributed by atoms with Crippen molar-refractivity contribution in [3.8, 4) is 0 Å². The van der Waals surface area contributed by atoms with Crippen LogP contribution in [0.3, 0.4) is 0 Å². The van der Waals surface area contributed by atoms with Crippen molar-refractivity contribution in [1.82, 2.24) is 4.90 Å². The minimum absolute atomic E-state index is 0.270. The molecule has 1 heterocycles. The highest BCUT2D eigenvalue weighted by atomic mass is 35.5. The molecule has 1 aliphatic heterocycles. The molecule has 110 valence electrons. The van der Waals surface area contributed by atoms with E-state index in [1.165, 1.54) is 7.11 Å². The van der Waals surface area contributed by atoms with Gasteiger partial charge in [0.05, 0.1) is 12.7 Å². The second-order valence-electron chi connectivity index (χ2n) is 5.20. The van der Waals surface area contributed by atoms with E-state index in [1.54, 1.807) is 18.2 Å². The fourth-order valence-corrected chi connectivity index (χ4v) is 2.69. The fourth-order valence-electron chi connectivity index (χ4n) is 2.51. The van der Waals surface area contributed by atoms with E-state index in [0.29, 0.717) is 16.5 Å². The Morgan fingerprint density at radius 2 is 2.15 bits per heavy atom. The van der Waals surface area contributed by atoms with E-state index in [4.69, 9.17) is 21.4 Å². The third-order valence-electron chi connectivity index (χ3n) is 3.83. The summed E-state index contributed by atoms with van der Waals surface area (Å²) in [5.41, 5.74) is 1.47. The van der Waals surface area contributed by atoms with Gasteiger partial charge in [-0.25, -0.2) is 4.79 Å². The summed E-state index contributed by atoms with van der Waals surface area (Å²) in [6, 6.07) is 5.21. The first-order valence-corrected chi connectivity index (χ1v) is 7.21. The van der Waals surface area contributed by atoms with Gasteiger partial charge in [-0.05, 0) is 55.6 Å². The van der Waals surface area contributed by atoms with Gasteiger partial charge in [-0.2, -0.15) is 0 Å². The summed E-state index contributed by atoms with van der Waals surface area (Å²) >= 11 is 6.20. The third kappa shape index (κ3) is 3.72. The van der Waals surface area contributed by atoms with Gasteiger partial charge in [-0.15, -0.1) is 0 Å². The molecule has 2 rings (SSSR count). The number of hydrogen-bond donors (Lipinski definition) is 1. The average Bonchev–Trinajstić information content (AvgIpc) is 2.49. The van der Waals surface area contributed by atoms with Crippen LogP contribution in [-0.4, -0.2) is 42.8 Å². The van der Waals surface area contributed by atoms with Gasteiger partial charge in [0.25, 0.3) is 0 Å². The van der Waals surface area contributed by atoms with Crippen molar-refractivity contribution in [1.29, 1.82) is 0 Å². The molecule has 1 saturated heterocycles. The Hall–Kier alpha value is -1.10. The number of piperidine rings is 1. The number of nitrogens with zero attached hydrogens (tertiary/aromatic N) is 1. The van der Waals surface area contributed by atoms with E-state index in [9.17, 15) is 4.79 Å². The summed E-state index contributed by atoms with van der Waals surface area (Å²) in [6.45, 7) is 2.89. The monoisotopic (exact) mass is 297 g/mol. The summed E-state index contributed by atoms with van der Waals surface area (Å²) in [6.07, 6.45) is 2.01. The molecule has 4 nitrogen and oxygen atoms in total. The van der Waals surface area contributed by atoms with Gasteiger partial charge in [0.1, 0.15) is 0 Å². The third-order valence-corrected chi connectivity index (χ3v) is 4.19. The molecule has 0 saturated carbocycles. The molecule has 0 bridgehead atoms. The fraction of sp³-hybridized carbons (Fsp3) is 0.533. The normalized spacial score (nSPS) is 17.1. The van der Waals surface area contributed by atoms with E-state index in [-0.39, 0.29) is 12.6 Å². The van der Waals surface area contributed by atoms with Crippen LogP contribution in [0.5, 0.6) is 0 Å². The average molecular weight is 298 g/mol. The van der Waals surface area contributed by atoms with Crippen LogP contribution in [0.1, 0.15) is 28.8 Å². The molecule has 0 aromatic heterocycles. The molecule has 5 heteroatoms. The topological polar surface area (TPSA) is 49.8 Å². The molecule has 0 amide bonds. The minimum atomic E-state index is -0.345. The van der Waals surface area contributed by atoms with Gasteiger partial charge in [0, 0.05) is 18.2 Å². The van der Waals surface area contributed by atoms with E-state index in [1.807, 2.05) is 0 Å². The predicted octanol–water partition coefficient (Wildman–Crippen LogP) is 2.33. The summed E-state index contributed by atoms with van der Waals surface area (Å²) in [5.74, 6) is 0.0741. The Morgan fingerprint density at radius 1 is 1.45 bits per heavy atom. The Labute approximate surface area is 124 Å². The Bertz CT molecular complexity index is 470. The SMILES string of the molecule is COC(=O)c1ccc(Cl)c(CN2CCC(CO)CC2)c1. The number of rotatable bonds is 4. The molecule has 1 aliphatic rings. The molecule has 1 aromatic carbocycles. The number of esters is 1. The molecular weight excluding hydrogens is 278 g/mol. The zero-order chi connectivity index (χ0) is 14.5. The predicted molar refractivity (Wildman–Crippen MR) is 77.9 cm³/mol. The summed E-state index contributed by atoms with van der Waals surface area (Å²) in [4.78, 5) is 13.8. The van der Waals surface area contributed by atoms with Gasteiger partial charge in [-0.1, -0.05) is 11.6 Å². The molecule has 1 N–H and O–H groups in total. The van der Waals surface area contributed by atoms with Crippen LogP contribution in [-0.2, 0) is 11.3 Å². The van der Waals surface area contributed by atoms with Crippen LogP contribution >= 0.6 is 11.6 Å². The van der Waals surface area contributed by atoms with Crippen molar-refractivity contribution in [2.45, 2.75) is 19.4 Å². The molecule has 0 aliphatic carbocycles. The molecule has 20 heavy (non-hydrogen) atoms. The lowest BCUT2D eigenvalue weighted by atomic mass is 9.97. The largest absolute Gasteiger partial charge is 0.465 e. The highest BCUT2D eigenvalue weighted by molar-refractivity contribution is 6.31. The quantitative estimate of drug-likeness (QED) is 0.867. The van der Waals surface area contributed by atoms with Crippen molar-refractivity contribution in [3.63, 3.8) is 0 Å². The number of aliphatic hydroxyl groups is 1. The van der Waals surface area contributed by atoms with Crippen molar-refractivity contribution in [2.75, 3.05) is 26.8 Å². The number of likely N-dealkylation sites (tertiary alicyclic amines) is 1. The molecule has 0 radical (unpaired) electrons. The summed E-state index contributed by atoms with van der Waals surface area (Å²) < 4.78 is 4.73. The number of hydrogen-bond acceptors (Lipinski definition) is 4. The molecule has 0 unspecified atom stereocenters. The number of ether oxygens (including phenoxy) is 1. The molecule has 0 spiro atoms. The van der Waals surface area contributed by atoms with Gasteiger partial charge in [0.15, 0.2) is 0 Å². The number of carbonyl (C=O) groups excluding carboxylic acids is 1. The number of halogens is 1. The number of aliphatic hydroxyl groups excluding tert-OH is 1. The molecular formula is C15H20ClNO3. The second-order valence-corrected chi connectivity index (χ2v) is 5.61. The van der Waals surface area contributed by atoms with E-state index in [2.05, 4.69) is 4.90 Å². The van der Waals surface area contributed by atoms with E-state index in [0.717, 1.165) is 38.0 Å². The lowest BCUT2D eigenvalue weighted by molar-refractivity contribution is 0.0600. The minimum Gasteiger partial charge on any atom is -0.465 e. The first kappa shape index (κ1) is 15.3. The van der Waals surface area contributed by atoms with E-state index >= 15 is 0 Å². The number of methoxy groups -OCH3 is 1. The standard InChI is InChI=1S/C15H20ClNO3/c1-20-15(19)12-2-3-14(16)13(8-12)9-17-6-4-11(10-18)5-7-17/h2-3,8,11,18H,4-7,9-10H2,1H3. The molecule has 0 atom stereocenters. The van der Waals surface area contributed by atoms with E-state index < -0.39 is 0 Å². The summed E-state index contributed by atoms with van der Waals surface area (Å²) in [7, 11) is 1.37. The Morgan fingerprint density at radius 3 is 2.75 bits per heavy atom. The molecule has 1 aromatic rings. The van der Waals surface area contributed by atoms with Crippen LogP contribution < -0.4 is 0 Å². The highest BCUT2D eigenvalue weighted by Gasteiger charge is 2.19. The van der Waals surface area contributed by atoms with Gasteiger partial charge < -0.3 is 9.84 Å². The van der Waals surface area contributed by atoms with Crippen molar-refractivity contribution in [2.24, 2.45) is 5.92 Å². The second kappa shape index (κ2) is 7.07. The number of benzene rings is 1. The van der Waals surface area contributed by atoms with Crippen molar-refractivity contribution < 1.29 is 14.6 Å². The molecule has 1 fully saturated rings. The van der Waals surface area contributed by atoms with Crippen molar-refractivity contribution in [3.05, 3.63) is 34.3 Å². The zero-order valence-corrected chi connectivity index (χ0v) is 12.4. The Kier molecular flexibility index (Phi) is 5.40. The Balaban J connectivity index is 2.03. The van der Waals surface area contributed by atoms with Crippen LogP contribution in [0.2, 0.25) is 5.02 Å².